The van der Waals surface area contributed by atoms with Gasteiger partial charge in [0.1, 0.15) is 5.75 Å². The van der Waals surface area contributed by atoms with E-state index in [-0.39, 0.29) is 30.3 Å². The fourth-order valence-corrected chi connectivity index (χ4v) is 4.22. The van der Waals surface area contributed by atoms with E-state index in [1.165, 1.54) is 5.56 Å². The average Bonchev–Trinajstić information content (AvgIpc) is 2.74. The standard InChI is InChI=1S/C24H31N3O3/c1-17(28)27-14-13-18-9-5-6-10-19(18)21(27)15-24(29)25-16-22(26(2)3)20-11-7-8-12-23(20)30-4/h5-12,21-22H,13-16H2,1-4H3,(H,25,29). The van der Waals surface area contributed by atoms with E-state index < -0.39 is 0 Å². The van der Waals surface area contributed by atoms with Gasteiger partial charge in [-0.3, -0.25) is 9.59 Å². The van der Waals surface area contributed by atoms with Crippen LogP contribution in [-0.4, -0.2) is 55.9 Å². The molecule has 6 nitrogen and oxygen atoms in total. The third-order valence-electron chi connectivity index (χ3n) is 5.81. The second kappa shape index (κ2) is 9.76. The van der Waals surface area contributed by atoms with Gasteiger partial charge in [-0.1, -0.05) is 42.5 Å². The molecule has 30 heavy (non-hydrogen) atoms. The molecular weight excluding hydrogens is 378 g/mol. The lowest BCUT2D eigenvalue weighted by molar-refractivity contribution is -0.133. The summed E-state index contributed by atoms with van der Waals surface area (Å²) in [7, 11) is 5.62. The van der Waals surface area contributed by atoms with Gasteiger partial charge in [0.2, 0.25) is 11.8 Å². The maximum Gasteiger partial charge on any atom is 0.222 e. The molecule has 0 bridgehead atoms. The summed E-state index contributed by atoms with van der Waals surface area (Å²) in [6, 6.07) is 15.7. The first-order chi connectivity index (χ1) is 14.4. The number of para-hydroxylation sites is 1. The van der Waals surface area contributed by atoms with E-state index in [1.807, 2.05) is 61.5 Å². The van der Waals surface area contributed by atoms with Gasteiger partial charge in [0, 0.05) is 25.6 Å². The zero-order valence-corrected chi connectivity index (χ0v) is 18.2. The van der Waals surface area contributed by atoms with E-state index in [0.717, 1.165) is 23.3 Å². The second-order valence-electron chi connectivity index (χ2n) is 7.91. The Kier molecular flexibility index (Phi) is 7.11. The van der Waals surface area contributed by atoms with Crippen molar-refractivity contribution >= 4 is 11.8 Å². The number of carbonyl (C=O) groups excluding carboxylic acids is 2. The summed E-state index contributed by atoms with van der Waals surface area (Å²) in [5, 5.41) is 3.08. The minimum Gasteiger partial charge on any atom is -0.496 e. The molecule has 1 aliphatic rings. The number of amides is 2. The van der Waals surface area contributed by atoms with Crippen LogP contribution in [-0.2, 0) is 16.0 Å². The monoisotopic (exact) mass is 409 g/mol. The van der Waals surface area contributed by atoms with E-state index in [9.17, 15) is 9.59 Å². The van der Waals surface area contributed by atoms with Crippen LogP contribution >= 0.6 is 0 Å². The third-order valence-corrected chi connectivity index (χ3v) is 5.81. The maximum absolute atomic E-state index is 12.9. The van der Waals surface area contributed by atoms with Crippen molar-refractivity contribution in [3.8, 4) is 5.75 Å². The summed E-state index contributed by atoms with van der Waals surface area (Å²) >= 11 is 0. The average molecular weight is 410 g/mol. The molecule has 160 valence electrons. The first kappa shape index (κ1) is 21.8. The Morgan fingerprint density at radius 2 is 1.87 bits per heavy atom. The van der Waals surface area contributed by atoms with Crippen LogP contribution in [0.15, 0.2) is 48.5 Å². The maximum atomic E-state index is 12.9. The van der Waals surface area contributed by atoms with Crippen molar-refractivity contribution in [1.29, 1.82) is 0 Å². The largest absolute Gasteiger partial charge is 0.496 e. The van der Waals surface area contributed by atoms with Crippen molar-refractivity contribution in [3.63, 3.8) is 0 Å². The van der Waals surface area contributed by atoms with Gasteiger partial charge in [-0.05, 0) is 37.7 Å². The number of rotatable bonds is 7. The molecule has 6 heteroatoms. The highest BCUT2D eigenvalue weighted by molar-refractivity contribution is 5.79. The molecule has 0 aromatic heterocycles. The molecule has 2 amide bonds. The minimum atomic E-state index is -0.225. The Hall–Kier alpha value is -2.86. The van der Waals surface area contributed by atoms with Crippen molar-refractivity contribution < 1.29 is 14.3 Å². The Morgan fingerprint density at radius 3 is 2.57 bits per heavy atom. The smallest absolute Gasteiger partial charge is 0.222 e. The predicted octanol–water partition coefficient (Wildman–Crippen LogP) is 2.95. The molecule has 2 aromatic rings. The first-order valence-corrected chi connectivity index (χ1v) is 10.3. The normalized spacial score (nSPS) is 16.7. The Bertz CT molecular complexity index is 897. The minimum absolute atomic E-state index is 0.00231. The number of hydrogen-bond acceptors (Lipinski definition) is 4. The lowest BCUT2D eigenvalue weighted by atomic mass is 9.90. The van der Waals surface area contributed by atoms with Crippen molar-refractivity contribution in [1.82, 2.24) is 15.1 Å². The molecule has 2 unspecified atom stereocenters. The number of nitrogens with one attached hydrogen (secondary N) is 1. The van der Waals surface area contributed by atoms with Gasteiger partial charge in [-0.2, -0.15) is 0 Å². The van der Waals surface area contributed by atoms with Crippen LogP contribution in [0.5, 0.6) is 5.75 Å². The highest BCUT2D eigenvalue weighted by Gasteiger charge is 2.31. The topological polar surface area (TPSA) is 61.9 Å². The summed E-state index contributed by atoms with van der Waals surface area (Å²) in [4.78, 5) is 29.0. The number of carbonyl (C=O) groups is 2. The first-order valence-electron chi connectivity index (χ1n) is 10.3. The van der Waals surface area contributed by atoms with E-state index >= 15 is 0 Å². The molecule has 2 aromatic carbocycles. The zero-order chi connectivity index (χ0) is 21.7. The molecule has 0 radical (unpaired) electrons. The van der Waals surface area contributed by atoms with E-state index in [2.05, 4.69) is 16.3 Å². The quantitative estimate of drug-likeness (QED) is 0.764. The van der Waals surface area contributed by atoms with Gasteiger partial charge < -0.3 is 19.9 Å². The highest BCUT2D eigenvalue weighted by Crippen LogP contribution is 2.32. The number of likely N-dealkylation sites (N-methyl/N-ethyl adjacent to an activating group) is 1. The Morgan fingerprint density at radius 1 is 1.17 bits per heavy atom. The van der Waals surface area contributed by atoms with Crippen molar-refractivity contribution in [2.24, 2.45) is 0 Å². The Labute approximate surface area is 178 Å². The number of nitrogens with zero attached hydrogens (tertiary/aromatic N) is 2. The van der Waals surface area contributed by atoms with Crippen LogP contribution in [0, 0.1) is 0 Å². The highest BCUT2D eigenvalue weighted by atomic mass is 16.5. The van der Waals surface area contributed by atoms with Crippen LogP contribution in [0.3, 0.4) is 0 Å². The van der Waals surface area contributed by atoms with Gasteiger partial charge in [-0.15, -0.1) is 0 Å². The zero-order valence-electron chi connectivity index (χ0n) is 18.2. The molecule has 0 fully saturated rings. The number of benzene rings is 2. The lowest BCUT2D eigenvalue weighted by Gasteiger charge is -2.36. The molecule has 1 N–H and O–H groups in total. The lowest BCUT2D eigenvalue weighted by Crippen LogP contribution is -2.42. The van der Waals surface area contributed by atoms with Crippen LogP contribution in [0.2, 0.25) is 0 Å². The molecule has 0 spiro atoms. The Balaban J connectivity index is 1.73. The SMILES string of the molecule is COc1ccccc1C(CNC(=O)CC1c2ccccc2CCN1C(C)=O)N(C)C. The molecule has 1 heterocycles. The molecule has 2 atom stereocenters. The van der Waals surface area contributed by atoms with Crippen molar-refractivity contribution in [2.45, 2.75) is 31.8 Å². The molecule has 0 saturated heterocycles. The molecule has 3 rings (SSSR count). The van der Waals surface area contributed by atoms with Crippen LogP contribution in [0.4, 0.5) is 0 Å². The van der Waals surface area contributed by atoms with Crippen molar-refractivity contribution in [2.75, 3.05) is 34.3 Å². The molecular formula is C24H31N3O3. The predicted molar refractivity (Wildman–Crippen MR) is 117 cm³/mol. The third kappa shape index (κ3) is 4.82. The van der Waals surface area contributed by atoms with Crippen LogP contribution in [0.25, 0.3) is 0 Å². The van der Waals surface area contributed by atoms with Crippen LogP contribution in [0.1, 0.15) is 42.1 Å². The van der Waals surface area contributed by atoms with Crippen molar-refractivity contribution in [3.05, 3.63) is 65.2 Å². The fourth-order valence-electron chi connectivity index (χ4n) is 4.22. The van der Waals surface area contributed by atoms with Gasteiger partial charge in [0.25, 0.3) is 0 Å². The van der Waals surface area contributed by atoms with E-state index in [0.29, 0.717) is 13.1 Å². The fraction of sp³-hybridized carbons (Fsp3) is 0.417. The number of ether oxygens (including phenoxy) is 1. The summed E-state index contributed by atoms with van der Waals surface area (Å²) in [6.45, 7) is 2.68. The summed E-state index contributed by atoms with van der Waals surface area (Å²) in [6.07, 6.45) is 1.08. The summed E-state index contributed by atoms with van der Waals surface area (Å²) in [5.74, 6) is 0.738. The van der Waals surface area contributed by atoms with Gasteiger partial charge in [0.15, 0.2) is 0 Å². The number of hydrogen-bond donors (Lipinski definition) is 1. The number of fused-ring (bicyclic) bond motifs is 1. The number of methoxy groups -OCH3 is 1. The molecule has 0 aliphatic carbocycles. The molecule has 0 saturated carbocycles. The summed E-state index contributed by atoms with van der Waals surface area (Å²) in [5.41, 5.74) is 3.31. The van der Waals surface area contributed by atoms with Gasteiger partial charge >= 0.3 is 0 Å². The van der Waals surface area contributed by atoms with E-state index in [4.69, 9.17) is 4.74 Å². The second-order valence-corrected chi connectivity index (χ2v) is 7.91. The van der Waals surface area contributed by atoms with E-state index in [1.54, 1.807) is 14.0 Å². The molecule has 1 aliphatic heterocycles. The van der Waals surface area contributed by atoms with Gasteiger partial charge in [-0.25, -0.2) is 0 Å². The van der Waals surface area contributed by atoms with Crippen LogP contribution < -0.4 is 10.1 Å². The van der Waals surface area contributed by atoms with Gasteiger partial charge in [0.05, 0.1) is 25.6 Å². The summed E-state index contributed by atoms with van der Waals surface area (Å²) < 4.78 is 5.50.